The lowest BCUT2D eigenvalue weighted by atomic mass is 9.97. The summed E-state index contributed by atoms with van der Waals surface area (Å²) in [5.74, 6) is -2.08. The fraction of sp³-hybridized carbons (Fsp3) is 0.118. The Hall–Kier alpha value is -4.56. The van der Waals surface area contributed by atoms with Crippen molar-refractivity contribution in [2.75, 3.05) is 0 Å². The summed E-state index contributed by atoms with van der Waals surface area (Å²) in [5, 5.41) is 27.2. The van der Waals surface area contributed by atoms with Gasteiger partial charge in [0.05, 0.1) is 12.1 Å². The van der Waals surface area contributed by atoms with Crippen LogP contribution in [0.5, 0.6) is 0 Å². The molecular weight excluding hydrogens is 532 g/mol. The van der Waals surface area contributed by atoms with Crippen molar-refractivity contribution in [1.82, 2.24) is 10.6 Å². The Morgan fingerprint density at radius 2 is 0.732 bits per heavy atom. The minimum absolute atomic E-state index is 0.377. The largest absolute Gasteiger partial charge is 0.480 e. The maximum absolute atomic E-state index is 12.6. The van der Waals surface area contributed by atoms with Gasteiger partial charge in [-0.25, -0.2) is 0 Å². The van der Waals surface area contributed by atoms with Gasteiger partial charge in [0.2, 0.25) is 0 Å². The number of carbonyl (C=O) groups is 2. The van der Waals surface area contributed by atoms with E-state index in [2.05, 4.69) is 10.6 Å². The molecule has 2 atom stereocenters. The maximum atomic E-state index is 12.6. The summed E-state index contributed by atoms with van der Waals surface area (Å²) in [6.45, 7) is 0. The van der Waals surface area contributed by atoms with Crippen molar-refractivity contribution in [3.05, 3.63) is 165 Å². The quantitative estimate of drug-likeness (QED) is 0.134. The lowest BCUT2D eigenvalue weighted by molar-refractivity contribution is -0.140. The molecule has 5 aromatic rings. The van der Waals surface area contributed by atoms with Gasteiger partial charge in [0, 0.05) is 9.75 Å². The van der Waals surface area contributed by atoms with Gasteiger partial charge in [-0.1, -0.05) is 121 Å². The standard InChI is InChI=1S/C34H30N2O4S/c37-33(38)31(35-29(23-13-5-1-6-14-23)24-15-7-2-8-16-24)27-21-22-28(41-27)32(34(39)40)36-30(25-17-9-3-10-18-25)26-19-11-4-12-20-26/h1-22,29-32,35-36H,(H,37,38)(H,39,40). The first-order valence-corrected chi connectivity index (χ1v) is 14.1. The van der Waals surface area contributed by atoms with E-state index in [0.717, 1.165) is 22.3 Å². The lowest BCUT2D eigenvalue weighted by Gasteiger charge is -2.25. The highest BCUT2D eigenvalue weighted by atomic mass is 32.1. The third-order valence-electron chi connectivity index (χ3n) is 6.91. The van der Waals surface area contributed by atoms with Gasteiger partial charge in [0.1, 0.15) is 12.1 Å². The molecule has 1 aromatic heterocycles. The highest BCUT2D eigenvalue weighted by molar-refractivity contribution is 7.12. The Balaban J connectivity index is 1.46. The van der Waals surface area contributed by atoms with Crippen LogP contribution in [-0.4, -0.2) is 22.2 Å². The number of thiophene rings is 1. The van der Waals surface area contributed by atoms with Gasteiger partial charge in [-0.3, -0.25) is 20.2 Å². The van der Waals surface area contributed by atoms with Crippen molar-refractivity contribution in [1.29, 1.82) is 0 Å². The highest BCUT2D eigenvalue weighted by Crippen LogP contribution is 2.34. The molecule has 4 N–H and O–H groups in total. The van der Waals surface area contributed by atoms with Crippen LogP contribution >= 0.6 is 11.3 Å². The molecule has 0 bridgehead atoms. The highest BCUT2D eigenvalue weighted by Gasteiger charge is 2.31. The summed E-state index contributed by atoms with van der Waals surface area (Å²) < 4.78 is 0. The Morgan fingerprint density at radius 3 is 0.976 bits per heavy atom. The van der Waals surface area contributed by atoms with Crippen LogP contribution in [0.2, 0.25) is 0 Å². The number of carboxylic acid groups (broad SMARTS) is 2. The van der Waals surface area contributed by atoms with E-state index in [-0.39, 0.29) is 12.1 Å². The number of benzene rings is 4. The second-order valence-electron chi connectivity index (χ2n) is 9.62. The molecule has 2 unspecified atom stereocenters. The molecule has 0 spiro atoms. The van der Waals surface area contributed by atoms with Crippen LogP contribution in [0.15, 0.2) is 133 Å². The molecule has 0 radical (unpaired) electrons. The Labute approximate surface area is 243 Å². The van der Waals surface area contributed by atoms with Gasteiger partial charge >= 0.3 is 11.9 Å². The molecule has 4 aromatic carbocycles. The van der Waals surface area contributed by atoms with E-state index in [0.29, 0.717) is 9.75 Å². The second kappa shape index (κ2) is 13.2. The van der Waals surface area contributed by atoms with Crippen LogP contribution in [0.3, 0.4) is 0 Å². The van der Waals surface area contributed by atoms with Crippen molar-refractivity contribution < 1.29 is 19.8 Å². The minimum atomic E-state index is -1.05. The zero-order chi connectivity index (χ0) is 28.6. The molecule has 5 rings (SSSR count). The summed E-state index contributed by atoms with van der Waals surface area (Å²) in [7, 11) is 0. The molecule has 0 amide bonds. The molecule has 0 saturated heterocycles. The molecule has 6 nitrogen and oxygen atoms in total. The lowest BCUT2D eigenvalue weighted by Crippen LogP contribution is -2.32. The Morgan fingerprint density at radius 1 is 0.463 bits per heavy atom. The van der Waals surface area contributed by atoms with Gasteiger partial charge in [0.25, 0.3) is 0 Å². The van der Waals surface area contributed by atoms with Crippen LogP contribution in [-0.2, 0) is 9.59 Å². The average molecular weight is 563 g/mol. The van der Waals surface area contributed by atoms with Gasteiger partial charge in [-0.05, 0) is 34.4 Å². The first-order chi connectivity index (χ1) is 20.0. The van der Waals surface area contributed by atoms with Crippen LogP contribution < -0.4 is 10.6 Å². The summed E-state index contributed by atoms with van der Waals surface area (Å²) >= 11 is 1.18. The molecule has 7 heteroatoms. The minimum Gasteiger partial charge on any atom is -0.480 e. The third kappa shape index (κ3) is 6.78. The van der Waals surface area contributed by atoms with E-state index in [1.54, 1.807) is 12.1 Å². The van der Waals surface area contributed by atoms with Crippen LogP contribution in [0, 0.1) is 0 Å². The van der Waals surface area contributed by atoms with Crippen LogP contribution in [0.25, 0.3) is 0 Å². The third-order valence-corrected chi connectivity index (χ3v) is 8.12. The molecule has 0 aliphatic rings. The van der Waals surface area contributed by atoms with Crippen LogP contribution in [0.1, 0.15) is 56.2 Å². The van der Waals surface area contributed by atoms with Crippen molar-refractivity contribution in [2.45, 2.75) is 24.2 Å². The SMILES string of the molecule is O=C(O)C(NC(c1ccccc1)c1ccccc1)c1ccc(C(NC(c2ccccc2)c2ccccc2)C(=O)O)s1. The Kier molecular flexibility index (Phi) is 9.01. The summed E-state index contributed by atoms with van der Waals surface area (Å²) in [5.41, 5.74) is 3.72. The molecule has 1 heterocycles. The average Bonchev–Trinajstić information content (AvgIpc) is 3.49. The van der Waals surface area contributed by atoms with Crippen molar-refractivity contribution in [3.8, 4) is 0 Å². The second-order valence-corrected chi connectivity index (χ2v) is 10.8. The number of hydrogen-bond donors (Lipinski definition) is 4. The zero-order valence-corrected chi connectivity index (χ0v) is 22.9. The summed E-state index contributed by atoms with van der Waals surface area (Å²) in [6, 6.07) is 39.3. The first-order valence-electron chi connectivity index (χ1n) is 13.3. The number of aliphatic carboxylic acids is 2. The zero-order valence-electron chi connectivity index (χ0n) is 22.1. The van der Waals surface area contributed by atoms with E-state index in [4.69, 9.17) is 0 Å². The number of nitrogens with one attached hydrogen (secondary N) is 2. The van der Waals surface area contributed by atoms with Gasteiger partial charge in [0.15, 0.2) is 0 Å². The van der Waals surface area contributed by atoms with Gasteiger partial charge in [-0.15, -0.1) is 11.3 Å². The number of hydrogen-bond acceptors (Lipinski definition) is 5. The maximum Gasteiger partial charge on any atom is 0.326 e. The molecule has 0 fully saturated rings. The normalized spacial score (nSPS) is 12.7. The van der Waals surface area contributed by atoms with Gasteiger partial charge < -0.3 is 10.2 Å². The van der Waals surface area contributed by atoms with Gasteiger partial charge in [-0.2, -0.15) is 0 Å². The molecule has 0 saturated carbocycles. The molecular formula is C34H30N2O4S. The molecule has 41 heavy (non-hydrogen) atoms. The fourth-order valence-corrected chi connectivity index (χ4v) is 6.03. The molecule has 0 aliphatic heterocycles. The van der Waals surface area contributed by atoms with Crippen molar-refractivity contribution in [2.24, 2.45) is 0 Å². The topological polar surface area (TPSA) is 98.7 Å². The van der Waals surface area contributed by atoms with E-state index in [1.807, 2.05) is 121 Å². The predicted molar refractivity (Wildman–Crippen MR) is 161 cm³/mol. The van der Waals surface area contributed by atoms with E-state index in [1.165, 1.54) is 11.3 Å². The van der Waals surface area contributed by atoms with Crippen molar-refractivity contribution in [3.63, 3.8) is 0 Å². The van der Waals surface area contributed by atoms with Crippen LogP contribution in [0.4, 0.5) is 0 Å². The molecule has 206 valence electrons. The number of carboxylic acids is 2. The summed E-state index contributed by atoms with van der Waals surface area (Å²) in [4.78, 5) is 26.2. The van der Waals surface area contributed by atoms with E-state index >= 15 is 0 Å². The first kappa shape index (κ1) is 28.0. The fourth-order valence-electron chi connectivity index (χ4n) is 4.91. The van der Waals surface area contributed by atoms with E-state index < -0.39 is 24.0 Å². The van der Waals surface area contributed by atoms with E-state index in [9.17, 15) is 19.8 Å². The smallest absolute Gasteiger partial charge is 0.326 e. The number of rotatable bonds is 12. The summed E-state index contributed by atoms with van der Waals surface area (Å²) in [6.07, 6.45) is 0. The monoisotopic (exact) mass is 562 g/mol. The van der Waals surface area contributed by atoms with Crippen molar-refractivity contribution >= 4 is 23.3 Å². The molecule has 0 aliphatic carbocycles. The predicted octanol–water partition coefficient (Wildman–Crippen LogP) is 6.76. The Bertz CT molecular complexity index is 1360.